The molecule has 0 fully saturated rings. The van der Waals surface area contributed by atoms with Crippen LogP contribution in [-0.2, 0) is 0 Å². The first-order valence-corrected chi connectivity index (χ1v) is 7.77. The van der Waals surface area contributed by atoms with Gasteiger partial charge >= 0.3 is 0 Å². The van der Waals surface area contributed by atoms with E-state index >= 15 is 0 Å². The predicted octanol–water partition coefficient (Wildman–Crippen LogP) is 2.08. The summed E-state index contributed by atoms with van der Waals surface area (Å²) in [5, 5.41) is 2.56. The van der Waals surface area contributed by atoms with Gasteiger partial charge in [-0.05, 0) is 32.9 Å². The van der Waals surface area contributed by atoms with Crippen molar-refractivity contribution in [3.8, 4) is 5.75 Å². The molecule has 0 spiro atoms. The molecule has 0 aromatic heterocycles. The molecular weight excluding hydrogens is 297 g/mol. The van der Waals surface area contributed by atoms with E-state index in [1.54, 1.807) is 4.90 Å². The molecule has 3 N–H and O–H groups in total. The highest BCUT2D eigenvalue weighted by Gasteiger charge is 2.27. The Morgan fingerprint density at radius 2 is 2.04 bits per heavy atom. The molecule has 2 atom stereocenters. The second-order valence-electron chi connectivity index (χ2n) is 5.71. The van der Waals surface area contributed by atoms with Gasteiger partial charge in [-0.1, -0.05) is 18.2 Å². The van der Waals surface area contributed by atoms with Crippen molar-refractivity contribution in [2.24, 2.45) is 15.7 Å². The second kappa shape index (κ2) is 7.92. The lowest BCUT2D eigenvalue weighted by Gasteiger charge is -2.36. The maximum atomic E-state index is 13.5. The van der Waals surface area contributed by atoms with Crippen LogP contribution in [-0.4, -0.2) is 41.9 Å². The van der Waals surface area contributed by atoms with Crippen molar-refractivity contribution in [2.45, 2.75) is 45.6 Å². The van der Waals surface area contributed by atoms with Crippen LogP contribution < -0.4 is 15.8 Å². The van der Waals surface area contributed by atoms with Crippen LogP contribution in [0.2, 0.25) is 0 Å². The predicted molar refractivity (Wildman–Crippen MR) is 90.1 cm³/mol. The Morgan fingerprint density at radius 3 is 2.70 bits per heavy atom. The Hall–Kier alpha value is -2.15. The zero-order valence-electron chi connectivity index (χ0n) is 13.7. The number of ether oxygens (including phenoxy) is 1. The average molecular weight is 321 g/mol. The van der Waals surface area contributed by atoms with Crippen LogP contribution >= 0.6 is 0 Å². The monoisotopic (exact) mass is 321 g/mol. The molecular formula is C16H24FN5O. The summed E-state index contributed by atoms with van der Waals surface area (Å²) in [6.07, 6.45) is -0.760. The molecule has 1 aromatic rings. The van der Waals surface area contributed by atoms with Gasteiger partial charge in [0.2, 0.25) is 5.96 Å². The van der Waals surface area contributed by atoms with Crippen LogP contribution in [0.25, 0.3) is 0 Å². The molecule has 2 unspecified atom stereocenters. The van der Waals surface area contributed by atoms with Crippen LogP contribution in [0.1, 0.15) is 27.2 Å². The lowest BCUT2D eigenvalue weighted by molar-refractivity contribution is 0.252. The number of hydrogen-bond donors (Lipinski definition) is 2. The molecule has 0 bridgehead atoms. The van der Waals surface area contributed by atoms with Gasteiger partial charge in [-0.15, -0.1) is 0 Å². The van der Waals surface area contributed by atoms with E-state index in [0.29, 0.717) is 19.0 Å². The van der Waals surface area contributed by atoms with Crippen molar-refractivity contribution in [1.29, 1.82) is 0 Å². The molecule has 1 aliphatic rings. The summed E-state index contributed by atoms with van der Waals surface area (Å²) < 4.78 is 19.1. The second-order valence-corrected chi connectivity index (χ2v) is 5.71. The van der Waals surface area contributed by atoms with Crippen LogP contribution in [0.15, 0.2) is 40.3 Å². The minimum absolute atomic E-state index is 0.0411. The first-order valence-electron chi connectivity index (χ1n) is 7.77. The molecule has 0 saturated heterocycles. The Kier molecular flexibility index (Phi) is 5.92. The molecule has 7 heteroatoms. The molecule has 23 heavy (non-hydrogen) atoms. The summed E-state index contributed by atoms with van der Waals surface area (Å²) in [6.45, 7) is 6.40. The van der Waals surface area contributed by atoms with E-state index in [4.69, 9.17) is 10.5 Å². The number of para-hydroxylation sites is 1. The third kappa shape index (κ3) is 4.92. The van der Waals surface area contributed by atoms with Gasteiger partial charge in [0.1, 0.15) is 5.75 Å². The highest BCUT2D eigenvalue weighted by Crippen LogP contribution is 2.12. The number of nitrogens with one attached hydrogen (secondary N) is 1. The van der Waals surface area contributed by atoms with E-state index in [1.165, 1.54) is 0 Å². The molecule has 2 rings (SSSR count). The lowest BCUT2D eigenvalue weighted by Crippen LogP contribution is -2.58. The van der Waals surface area contributed by atoms with Crippen molar-refractivity contribution in [3.05, 3.63) is 30.3 Å². The van der Waals surface area contributed by atoms with Crippen LogP contribution in [0, 0.1) is 0 Å². The Bertz CT molecular complexity index is 561. The fourth-order valence-electron chi connectivity index (χ4n) is 2.28. The molecule has 1 aromatic carbocycles. The van der Waals surface area contributed by atoms with Crippen molar-refractivity contribution < 1.29 is 9.13 Å². The SMILES string of the molecule is CC(CCOc1ccccc1)N=C1NC(F)=NC(N)N1C(C)C. The quantitative estimate of drug-likeness (QED) is 0.787. The number of nitrogens with zero attached hydrogens (tertiary/aromatic N) is 3. The first-order chi connectivity index (χ1) is 11.0. The Morgan fingerprint density at radius 1 is 1.35 bits per heavy atom. The number of rotatable bonds is 6. The van der Waals surface area contributed by atoms with Crippen molar-refractivity contribution >= 4 is 12.0 Å². The number of benzene rings is 1. The summed E-state index contributed by atoms with van der Waals surface area (Å²) in [5.74, 6) is 1.24. The molecule has 1 aliphatic heterocycles. The van der Waals surface area contributed by atoms with E-state index < -0.39 is 12.4 Å². The molecule has 0 radical (unpaired) electrons. The smallest absolute Gasteiger partial charge is 0.287 e. The third-order valence-electron chi connectivity index (χ3n) is 3.44. The molecule has 0 amide bonds. The number of aliphatic imine (C=N–C) groups is 2. The normalized spacial score (nSPS) is 21.1. The largest absolute Gasteiger partial charge is 0.494 e. The first kappa shape index (κ1) is 17.2. The Labute approximate surface area is 136 Å². The highest BCUT2D eigenvalue weighted by atomic mass is 19.1. The molecule has 126 valence electrons. The standard InChI is InChI=1S/C16H24FN5O/c1-11(2)22-15(18)20-14(17)21-16(22)19-12(3)9-10-23-13-7-5-4-6-8-13/h4-8,11-12,15H,9-10,18H2,1-3H3,(H,19,20,21). The fourth-order valence-corrected chi connectivity index (χ4v) is 2.28. The van der Waals surface area contributed by atoms with Gasteiger partial charge in [0.15, 0.2) is 6.29 Å². The molecule has 0 aliphatic carbocycles. The maximum absolute atomic E-state index is 13.5. The van der Waals surface area contributed by atoms with Gasteiger partial charge in [-0.25, -0.2) is 9.98 Å². The minimum atomic E-state index is -0.761. The van der Waals surface area contributed by atoms with Gasteiger partial charge in [0.25, 0.3) is 6.09 Å². The topological polar surface area (TPSA) is 75.2 Å². The number of amidine groups is 1. The highest BCUT2D eigenvalue weighted by molar-refractivity contribution is 5.97. The summed E-state index contributed by atoms with van der Waals surface area (Å²) in [5.41, 5.74) is 5.87. The summed E-state index contributed by atoms with van der Waals surface area (Å²) >= 11 is 0. The number of halogens is 1. The van der Waals surface area contributed by atoms with E-state index in [0.717, 1.165) is 5.75 Å². The minimum Gasteiger partial charge on any atom is -0.494 e. The van der Waals surface area contributed by atoms with Gasteiger partial charge in [0, 0.05) is 12.5 Å². The summed E-state index contributed by atoms with van der Waals surface area (Å²) in [7, 11) is 0. The van der Waals surface area contributed by atoms with Crippen molar-refractivity contribution in [2.75, 3.05) is 6.61 Å². The van der Waals surface area contributed by atoms with Crippen LogP contribution in [0.4, 0.5) is 4.39 Å². The van der Waals surface area contributed by atoms with Crippen molar-refractivity contribution in [1.82, 2.24) is 10.2 Å². The fraction of sp³-hybridized carbons (Fsp3) is 0.500. The zero-order chi connectivity index (χ0) is 16.8. The molecule has 1 heterocycles. The Balaban J connectivity index is 1.94. The summed E-state index contributed by atoms with van der Waals surface area (Å²) in [4.78, 5) is 9.95. The van der Waals surface area contributed by atoms with E-state index in [1.807, 2.05) is 51.1 Å². The van der Waals surface area contributed by atoms with Gasteiger partial charge in [-0.2, -0.15) is 4.39 Å². The average Bonchev–Trinajstić information content (AvgIpc) is 2.47. The zero-order valence-corrected chi connectivity index (χ0v) is 13.7. The molecule has 0 saturated carbocycles. The van der Waals surface area contributed by atoms with Crippen molar-refractivity contribution in [3.63, 3.8) is 0 Å². The van der Waals surface area contributed by atoms with Gasteiger partial charge in [0.05, 0.1) is 12.6 Å². The number of guanidine groups is 1. The maximum Gasteiger partial charge on any atom is 0.287 e. The van der Waals surface area contributed by atoms with E-state index in [2.05, 4.69) is 15.3 Å². The number of nitrogens with two attached hydrogens (primary N) is 1. The van der Waals surface area contributed by atoms with E-state index in [9.17, 15) is 4.39 Å². The van der Waals surface area contributed by atoms with Gasteiger partial charge in [-0.3, -0.25) is 11.1 Å². The van der Waals surface area contributed by atoms with E-state index in [-0.39, 0.29) is 12.1 Å². The number of hydrogen-bond acceptors (Lipinski definition) is 4. The molecule has 6 nitrogen and oxygen atoms in total. The lowest BCUT2D eigenvalue weighted by atomic mass is 10.2. The van der Waals surface area contributed by atoms with Crippen LogP contribution in [0.5, 0.6) is 5.75 Å². The van der Waals surface area contributed by atoms with Crippen LogP contribution in [0.3, 0.4) is 0 Å². The third-order valence-corrected chi connectivity index (χ3v) is 3.44. The van der Waals surface area contributed by atoms with Gasteiger partial charge < -0.3 is 9.64 Å². The summed E-state index contributed by atoms with van der Waals surface area (Å²) in [6, 6.07) is 9.62.